The molecule has 1 aliphatic heterocycles. The zero-order valence-electron chi connectivity index (χ0n) is 7.37. The van der Waals surface area contributed by atoms with Gasteiger partial charge >= 0.3 is 0 Å². The lowest BCUT2D eigenvalue weighted by atomic mass is 9.88. The number of hydrogen-bond acceptors (Lipinski definition) is 2. The Kier molecular flexibility index (Phi) is 2.28. The molecule has 3 heteroatoms. The molecule has 0 spiro atoms. The first kappa shape index (κ1) is 9.04. The molecule has 2 atom stereocenters. The van der Waals surface area contributed by atoms with E-state index in [1.807, 2.05) is 6.92 Å². The fourth-order valence-electron chi connectivity index (χ4n) is 1.90. The van der Waals surface area contributed by atoms with E-state index in [0.717, 1.165) is 0 Å². The molecule has 1 saturated heterocycles. The van der Waals surface area contributed by atoms with Gasteiger partial charge in [0, 0.05) is 0 Å². The van der Waals surface area contributed by atoms with Crippen molar-refractivity contribution in [1.82, 2.24) is 0 Å². The summed E-state index contributed by atoms with van der Waals surface area (Å²) >= 11 is 0. The van der Waals surface area contributed by atoms with E-state index >= 15 is 0 Å². The standard InChI is InChI=1S/C8H16O2S/c1-6(2)8-5-11(9,10)4-7(8)3/h6-8H,4-5H2,1-3H3/t7-,8+/m1/s1. The highest BCUT2D eigenvalue weighted by Crippen LogP contribution is 2.30. The van der Waals surface area contributed by atoms with Crippen LogP contribution in [0.4, 0.5) is 0 Å². The van der Waals surface area contributed by atoms with E-state index in [9.17, 15) is 8.42 Å². The van der Waals surface area contributed by atoms with Crippen LogP contribution in [0.2, 0.25) is 0 Å². The molecule has 0 bridgehead atoms. The third kappa shape index (κ3) is 1.95. The Morgan fingerprint density at radius 1 is 1.27 bits per heavy atom. The molecule has 0 N–H and O–H groups in total. The molecule has 1 aliphatic rings. The summed E-state index contributed by atoms with van der Waals surface area (Å²) in [5.41, 5.74) is 0. The van der Waals surface area contributed by atoms with Crippen molar-refractivity contribution >= 4 is 9.84 Å². The van der Waals surface area contributed by atoms with Crippen molar-refractivity contribution in [3.63, 3.8) is 0 Å². The first-order valence-corrected chi connectivity index (χ1v) is 5.95. The highest BCUT2D eigenvalue weighted by Gasteiger charge is 2.35. The quantitative estimate of drug-likeness (QED) is 0.604. The number of sulfone groups is 1. The molecule has 0 saturated carbocycles. The van der Waals surface area contributed by atoms with Crippen LogP contribution in [-0.2, 0) is 9.84 Å². The zero-order chi connectivity index (χ0) is 8.65. The smallest absolute Gasteiger partial charge is 0.150 e. The summed E-state index contributed by atoms with van der Waals surface area (Å²) in [6.07, 6.45) is 0. The van der Waals surface area contributed by atoms with Gasteiger partial charge in [-0.05, 0) is 17.8 Å². The van der Waals surface area contributed by atoms with Crippen molar-refractivity contribution < 1.29 is 8.42 Å². The molecule has 0 radical (unpaired) electrons. The average molecular weight is 176 g/mol. The molecule has 0 aromatic carbocycles. The van der Waals surface area contributed by atoms with Crippen LogP contribution in [0.1, 0.15) is 20.8 Å². The number of hydrogen-bond donors (Lipinski definition) is 0. The molecular weight excluding hydrogens is 160 g/mol. The molecule has 11 heavy (non-hydrogen) atoms. The minimum Gasteiger partial charge on any atom is -0.229 e. The van der Waals surface area contributed by atoms with Gasteiger partial charge in [-0.15, -0.1) is 0 Å². The molecule has 1 rings (SSSR count). The summed E-state index contributed by atoms with van der Waals surface area (Å²) in [4.78, 5) is 0. The van der Waals surface area contributed by atoms with E-state index in [0.29, 0.717) is 29.3 Å². The normalized spacial score (nSPS) is 36.4. The lowest BCUT2D eigenvalue weighted by Crippen LogP contribution is -2.15. The van der Waals surface area contributed by atoms with E-state index in [4.69, 9.17) is 0 Å². The van der Waals surface area contributed by atoms with Crippen LogP contribution in [0.25, 0.3) is 0 Å². The maximum atomic E-state index is 11.2. The summed E-state index contributed by atoms with van der Waals surface area (Å²) in [6, 6.07) is 0. The zero-order valence-corrected chi connectivity index (χ0v) is 8.19. The molecule has 1 heterocycles. The molecule has 0 unspecified atom stereocenters. The highest BCUT2D eigenvalue weighted by molar-refractivity contribution is 7.91. The fourth-order valence-corrected chi connectivity index (χ4v) is 4.38. The maximum absolute atomic E-state index is 11.2. The van der Waals surface area contributed by atoms with Crippen molar-refractivity contribution in [2.75, 3.05) is 11.5 Å². The van der Waals surface area contributed by atoms with Crippen LogP contribution < -0.4 is 0 Å². The van der Waals surface area contributed by atoms with Gasteiger partial charge in [-0.25, -0.2) is 8.42 Å². The second-order valence-electron chi connectivity index (χ2n) is 3.96. The third-order valence-electron chi connectivity index (χ3n) is 2.55. The fraction of sp³-hybridized carbons (Fsp3) is 1.00. The summed E-state index contributed by atoms with van der Waals surface area (Å²) < 4.78 is 22.3. The molecule has 0 amide bonds. The predicted octanol–water partition coefficient (Wildman–Crippen LogP) is 1.32. The van der Waals surface area contributed by atoms with Crippen molar-refractivity contribution in [1.29, 1.82) is 0 Å². The molecule has 66 valence electrons. The van der Waals surface area contributed by atoms with Gasteiger partial charge in [0.15, 0.2) is 9.84 Å². The van der Waals surface area contributed by atoms with Gasteiger partial charge in [0.05, 0.1) is 11.5 Å². The Hall–Kier alpha value is -0.0500. The van der Waals surface area contributed by atoms with Crippen molar-refractivity contribution in [3.8, 4) is 0 Å². The lowest BCUT2D eigenvalue weighted by Gasteiger charge is -2.16. The van der Waals surface area contributed by atoms with Gasteiger partial charge in [0.25, 0.3) is 0 Å². The van der Waals surface area contributed by atoms with Gasteiger partial charge in [-0.1, -0.05) is 20.8 Å². The van der Waals surface area contributed by atoms with Gasteiger partial charge in [0.2, 0.25) is 0 Å². The van der Waals surface area contributed by atoms with E-state index in [2.05, 4.69) is 13.8 Å². The summed E-state index contributed by atoms with van der Waals surface area (Å²) in [7, 11) is -2.69. The Morgan fingerprint density at radius 2 is 1.82 bits per heavy atom. The maximum Gasteiger partial charge on any atom is 0.150 e. The summed E-state index contributed by atoms with van der Waals surface area (Å²) in [6.45, 7) is 6.24. The van der Waals surface area contributed by atoms with Gasteiger partial charge < -0.3 is 0 Å². The highest BCUT2D eigenvalue weighted by atomic mass is 32.2. The van der Waals surface area contributed by atoms with Crippen LogP contribution in [0.5, 0.6) is 0 Å². The molecular formula is C8H16O2S. The molecule has 0 aromatic rings. The minimum atomic E-state index is -2.69. The molecule has 0 aliphatic carbocycles. The Labute approximate surface area is 68.9 Å². The van der Waals surface area contributed by atoms with Gasteiger partial charge in [-0.3, -0.25) is 0 Å². The first-order chi connectivity index (χ1) is 4.92. The molecule has 1 fully saturated rings. The molecule has 2 nitrogen and oxygen atoms in total. The second kappa shape index (κ2) is 2.77. The van der Waals surface area contributed by atoms with Crippen molar-refractivity contribution in [2.24, 2.45) is 17.8 Å². The van der Waals surface area contributed by atoms with Crippen molar-refractivity contribution in [2.45, 2.75) is 20.8 Å². The van der Waals surface area contributed by atoms with E-state index in [1.54, 1.807) is 0 Å². The number of rotatable bonds is 1. The Bertz CT molecular complexity index is 228. The Balaban J connectivity index is 2.75. The SMILES string of the molecule is CC(C)[C@@H]1CS(=O)(=O)C[C@H]1C. The van der Waals surface area contributed by atoms with E-state index < -0.39 is 9.84 Å². The van der Waals surface area contributed by atoms with E-state index in [-0.39, 0.29) is 0 Å². The van der Waals surface area contributed by atoms with E-state index in [1.165, 1.54) is 0 Å². The van der Waals surface area contributed by atoms with Crippen molar-refractivity contribution in [3.05, 3.63) is 0 Å². The lowest BCUT2D eigenvalue weighted by molar-refractivity contribution is 0.341. The predicted molar refractivity (Wildman–Crippen MR) is 46.1 cm³/mol. The third-order valence-corrected chi connectivity index (χ3v) is 4.48. The minimum absolute atomic E-state index is 0.361. The Morgan fingerprint density at radius 3 is 2.00 bits per heavy atom. The van der Waals surface area contributed by atoms with Crippen LogP contribution in [0.15, 0.2) is 0 Å². The topological polar surface area (TPSA) is 34.1 Å². The monoisotopic (exact) mass is 176 g/mol. The van der Waals surface area contributed by atoms with Gasteiger partial charge in [0.1, 0.15) is 0 Å². The van der Waals surface area contributed by atoms with Crippen LogP contribution in [0, 0.1) is 17.8 Å². The van der Waals surface area contributed by atoms with Crippen LogP contribution >= 0.6 is 0 Å². The largest absolute Gasteiger partial charge is 0.229 e. The average Bonchev–Trinajstić information content (AvgIpc) is 2.05. The second-order valence-corrected chi connectivity index (χ2v) is 6.12. The van der Waals surface area contributed by atoms with Crippen LogP contribution in [0.3, 0.4) is 0 Å². The van der Waals surface area contributed by atoms with Crippen LogP contribution in [-0.4, -0.2) is 19.9 Å². The van der Waals surface area contributed by atoms with Gasteiger partial charge in [-0.2, -0.15) is 0 Å². The first-order valence-electron chi connectivity index (χ1n) is 4.13. The summed E-state index contributed by atoms with van der Waals surface area (Å²) in [5.74, 6) is 2.06. The summed E-state index contributed by atoms with van der Waals surface area (Å²) in [5, 5.41) is 0. The molecule has 0 aromatic heterocycles.